The van der Waals surface area contributed by atoms with Crippen molar-refractivity contribution in [3.63, 3.8) is 0 Å². The fraction of sp³-hybridized carbons (Fsp3) is 0.222. The number of amides is 1. The van der Waals surface area contributed by atoms with E-state index in [1.54, 1.807) is 24.3 Å². The third kappa shape index (κ3) is 7.09. The van der Waals surface area contributed by atoms with Crippen LogP contribution in [0.25, 0.3) is 0 Å². The highest BCUT2D eigenvalue weighted by atomic mass is 32.2. The summed E-state index contributed by atoms with van der Waals surface area (Å²) in [5.74, 6) is -1.67. The summed E-state index contributed by atoms with van der Waals surface area (Å²) in [6, 6.07) is 16.5. The molecule has 0 aliphatic heterocycles. The van der Waals surface area contributed by atoms with E-state index in [-0.39, 0.29) is 27.4 Å². The highest BCUT2D eigenvalue weighted by Crippen LogP contribution is 2.28. The summed E-state index contributed by atoms with van der Waals surface area (Å²) >= 11 is 1.46. The highest BCUT2D eigenvalue weighted by molar-refractivity contribution is 7.98. The Kier molecular flexibility index (Phi) is 9.96. The van der Waals surface area contributed by atoms with Gasteiger partial charge < -0.3 is 19.5 Å². The van der Waals surface area contributed by atoms with Crippen molar-refractivity contribution in [3.05, 3.63) is 77.9 Å². The van der Waals surface area contributed by atoms with E-state index >= 15 is 0 Å². The van der Waals surface area contributed by atoms with Crippen LogP contribution in [0.15, 0.2) is 76.5 Å². The van der Waals surface area contributed by atoms with Crippen molar-refractivity contribution in [1.29, 1.82) is 0 Å². The SMILES string of the molecule is CCOc1ccc(N(CC(=O)Nc2cc(C(=O)OC)ccc2C(=O)OC)S(=O)(=O)c2ccc(SC)cc2)cc1. The van der Waals surface area contributed by atoms with Gasteiger partial charge in [-0.15, -0.1) is 11.8 Å². The van der Waals surface area contributed by atoms with E-state index < -0.39 is 34.4 Å². The van der Waals surface area contributed by atoms with Crippen LogP contribution in [-0.2, 0) is 24.3 Å². The molecule has 0 aromatic heterocycles. The fourth-order valence-corrected chi connectivity index (χ4v) is 5.40. The molecule has 0 heterocycles. The zero-order valence-corrected chi connectivity index (χ0v) is 23.4. The summed E-state index contributed by atoms with van der Waals surface area (Å²) < 4.78 is 43.3. The monoisotopic (exact) mass is 572 g/mol. The molecule has 3 aromatic rings. The molecule has 206 valence electrons. The van der Waals surface area contributed by atoms with Gasteiger partial charge in [0.15, 0.2) is 0 Å². The van der Waals surface area contributed by atoms with Crippen LogP contribution in [-0.4, -0.2) is 59.9 Å². The topological polar surface area (TPSA) is 128 Å². The van der Waals surface area contributed by atoms with Crippen molar-refractivity contribution < 1.29 is 37.0 Å². The van der Waals surface area contributed by atoms with Gasteiger partial charge in [-0.3, -0.25) is 9.10 Å². The minimum atomic E-state index is -4.19. The average Bonchev–Trinajstić information content (AvgIpc) is 2.95. The Bertz CT molecular complexity index is 1440. The molecule has 3 aromatic carbocycles. The first-order valence-electron chi connectivity index (χ1n) is 11.6. The highest BCUT2D eigenvalue weighted by Gasteiger charge is 2.28. The zero-order chi connectivity index (χ0) is 28.6. The Morgan fingerprint density at radius 3 is 2.10 bits per heavy atom. The molecule has 1 amide bonds. The molecule has 0 atom stereocenters. The average molecular weight is 573 g/mol. The Labute approximate surface area is 231 Å². The van der Waals surface area contributed by atoms with Crippen molar-refractivity contribution in [2.75, 3.05) is 43.2 Å². The van der Waals surface area contributed by atoms with Crippen LogP contribution in [0.2, 0.25) is 0 Å². The number of thioether (sulfide) groups is 1. The minimum absolute atomic E-state index is 0.00933. The number of rotatable bonds is 11. The molecule has 0 spiro atoms. The molecular weight excluding hydrogens is 544 g/mol. The number of hydrogen-bond acceptors (Lipinski definition) is 9. The van der Waals surface area contributed by atoms with Crippen LogP contribution < -0.4 is 14.4 Å². The lowest BCUT2D eigenvalue weighted by Crippen LogP contribution is -2.38. The van der Waals surface area contributed by atoms with Gasteiger partial charge in [0.1, 0.15) is 12.3 Å². The van der Waals surface area contributed by atoms with Crippen LogP contribution in [0.1, 0.15) is 27.6 Å². The molecule has 12 heteroatoms. The van der Waals surface area contributed by atoms with Crippen LogP contribution in [0, 0.1) is 0 Å². The molecule has 39 heavy (non-hydrogen) atoms. The van der Waals surface area contributed by atoms with Crippen LogP contribution in [0.5, 0.6) is 5.75 Å². The molecule has 0 radical (unpaired) electrons. The number of nitrogens with one attached hydrogen (secondary N) is 1. The summed E-state index contributed by atoms with van der Waals surface area (Å²) in [5.41, 5.74) is 0.231. The van der Waals surface area contributed by atoms with E-state index in [0.29, 0.717) is 12.4 Å². The number of methoxy groups -OCH3 is 2. The lowest BCUT2D eigenvalue weighted by Gasteiger charge is -2.24. The molecule has 0 aliphatic carbocycles. The number of ether oxygens (including phenoxy) is 3. The van der Waals surface area contributed by atoms with Gasteiger partial charge in [-0.2, -0.15) is 0 Å². The first kappa shape index (κ1) is 29.5. The van der Waals surface area contributed by atoms with E-state index in [1.807, 2.05) is 13.2 Å². The van der Waals surface area contributed by atoms with Gasteiger partial charge in [0.25, 0.3) is 10.0 Å². The molecule has 0 saturated carbocycles. The Hall–Kier alpha value is -4.03. The third-order valence-corrected chi connectivity index (χ3v) is 8.02. The molecule has 1 N–H and O–H groups in total. The number of anilines is 2. The number of carbonyl (C=O) groups is 3. The molecular formula is C27H28N2O8S2. The maximum absolute atomic E-state index is 13.7. The summed E-state index contributed by atoms with van der Waals surface area (Å²) in [7, 11) is -1.83. The number of carbonyl (C=O) groups excluding carboxylic acids is 3. The molecule has 3 rings (SSSR count). The molecule has 0 bridgehead atoms. The molecule has 0 aliphatic rings. The van der Waals surface area contributed by atoms with E-state index in [1.165, 1.54) is 68.4 Å². The van der Waals surface area contributed by atoms with E-state index in [9.17, 15) is 22.8 Å². The van der Waals surface area contributed by atoms with Crippen molar-refractivity contribution in [2.45, 2.75) is 16.7 Å². The molecule has 0 unspecified atom stereocenters. The second-order valence-corrected chi connectivity index (χ2v) is 10.6. The minimum Gasteiger partial charge on any atom is -0.494 e. The van der Waals surface area contributed by atoms with E-state index in [0.717, 1.165) is 9.20 Å². The third-order valence-electron chi connectivity index (χ3n) is 5.49. The summed E-state index contributed by atoms with van der Waals surface area (Å²) in [4.78, 5) is 38.4. The number of esters is 2. The second-order valence-electron chi connectivity index (χ2n) is 7.91. The normalized spacial score (nSPS) is 10.9. The Morgan fingerprint density at radius 2 is 1.54 bits per heavy atom. The number of sulfonamides is 1. The predicted molar refractivity (Wildman–Crippen MR) is 148 cm³/mol. The molecule has 0 fully saturated rings. The van der Waals surface area contributed by atoms with Gasteiger partial charge in [-0.05, 0) is 79.9 Å². The van der Waals surface area contributed by atoms with Crippen LogP contribution in [0.3, 0.4) is 0 Å². The Balaban J connectivity index is 2.00. The van der Waals surface area contributed by atoms with Crippen molar-refractivity contribution >= 4 is 51.0 Å². The summed E-state index contributed by atoms with van der Waals surface area (Å²) in [6.07, 6.45) is 1.87. The first-order valence-corrected chi connectivity index (χ1v) is 14.3. The predicted octanol–water partition coefficient (Wildman–Crippen LogP) is 4.21. The number of hydrogen-bond donors (Lipinski definition) is 1. The van der Waals surface area contributed by atoms with Gasteiger partial charge >= 0.3 is 11.9 Å². The standard InChI is InChI=1S/C27H28N2O8S2/c1-5-37-20-9-7-19(8-10-20)29(39(33,34)22-13-11-21(38-4)12-14-22)17-25(30)28-24-16-18(26(31)35-2)6-15-23(24)27(32)36-3/h6-16H,5,17H2,1-4H3,(H,28,30). The quantitative estimate of drug-likeness (QED) is 0.265. The van der Waals surface area contributed by atoms with Gasteiger partial charge in [-0.1, -0.05) is 0 Å². The van der Waals surface area contributed by atoms with Gasteiger partial charge in [0.05, 0.1) is 48.2 Å². The van der Waals surface area contributed by atoms with Crippen LogP contribution in [0.4, 0.5) is 11.4 Å². The van der Waals surface area contributed by atoms with Gasteiger partial charge in [-0.25, -0.2) is 18.0 Å². The zero-order valence-electron chi connectivity index (χ0n) is 21.8. The lowest BCUT2D eigenvalue weighted by atomic mass is 10.1. The summed E-state index contributed by atoms with van der Waals surface area (Å²) in [5, 5.41) is 2.54. The first-order chi connectivity index (χ1) is 18.6. The number of benzene rings is 3. The van der Waals surface area contributed by atoms with Crippen LogP contribution >= 0.6 is 11.8 Å². The fourth-order valence-electron chi connectivity index (χ4n) is 3.57. The van der Waals surface area contributed by atoms with Gasteiger partial charge in [0.2, 0.25) is 5.91 Å². The van der Waals surface area contributed by atoms with E-state index in [4.69, 9.17) is 14.2 Å². The lowest BCUT2D eigenvalue weighted by molar-refractivity contribution is -0.114. The van der Waals surface area contributed by atoms with Crippen molar-refractivity contribution in [2.24, 2.45) is 0 Å². The molecule has 10 nitrogen and oxygen atoms in total. The van der Waals surface area contributed by atoms with Crippen molar-refractivity contribution in [3.8, 4) is 5.75 Å². The van der Waals surface area contributed by atoms with Crippen molar-refractivity contribution in [1.82, 2.24) is 0 Å². The molecule has 0 saturated heterocycles. The van der Waals surface area contributed by atoms with Gasteiger partial charge in [0, 0.05) is 4.90 Å². The Morgan fingerprint density at radius 1 is 0.897 bits per heavy atom. The number of nitrogens with zero attached hydrogens (tertiary/aromatic N) is 1. The maximum atomic E-state index is 13.7. The summed E-state index contributed by atoms with van der Waals surface area (Å²) in [6.45, 7) is 1.62. The maximum Gasteiger partial charge on any atom is 0.339 e. The largest absolute Gasteiger partial charge is 0.494 e. The second kappa shape index (κ2) is 13.2. The van der Waals surface area contributed by atoms with E-state index in [2.05, 4.69) is 5.32 Å². The smallest absolute Gasteiger partial charge is 0.339 e.